The van der Waals surface area contributed by atoms with Crippen LogP contribution in [-0.4, -0.2) is 44.3 Å². The lowest BCUT2D eigenvalue weighted by molar-refractivity contribution is 0.0421. The van der Waals surface area contributed by atoms with E-state index in [1.807, 2.05) is 0 Å². The first-order valence-electron chi connectivity index (χ1n) is 4.32. The van der Waals surface area contributed by atoms with Crippen molar-refractivity contribution in [1.82, 2.24) is 4.90 Å². The molecule has 3 nitrogen and oxygen atoms in total. The van der Waals surface area contributed by atoms with Crippen LogP contribution in [0.2, 0.25) is 0 Å². The van der Waals surface area contributed by atoms with Gasteiger partial charge in [-0.15, -0.1) is 24.8 Å². The fourth-order valence-corrected chi connectivity index (χ4v) is 1.55. The topological polar surface area (TPSA) is 38.5 Å². The smallest absolute Gasteiger partial charge is 0.0595 e. The summed E-state index contributed by atoms with van der Waals surface area (Å²) in [6, 6.07) is 0. The molecule has 0 amide bonds. The Morgan fingerprint density at radius 2 is 1.85 bits per heavy atom. The number of likely N-dealkylation sites (tertiary alicyclic amines) is 1. The molecule has 0 radical (unpaired) electrons. The van der Waals surface area contributed by atoms with Crippen molar-refractivity contribution < 1.29 is 4.74 Å². The van der Waals surface area contributed by atoms with Crippen molar-refractivity contribution >= 4 is 24.8 Å². The molecule has 1 rings (SSSR count). The Bertz CT molecular complexity index is 108. The van der Waals surface area contributed by atoms with Gasteiger partial charge in [-0.25, -0.2) is 0 Å². The summed E-state index contributed by atoms with van der Waals surface area (Å²) in [4.78, 5) is 2.40. The second-order valence-corrected chi connectivity index (χ2v) is 3.07. The second kappa shape index (κ2) is 9.03. The molecule has 0 bridgehead atoms. The van der Waals surface area contributed by atoms with Gasteiger partial charge in [-0.1, -0.05) is 0 Å². The van der Waals surface area contributed by atoms with Crippen LogP contribution in [-0.2, 0) is 4.74 Å². The van der Waals surface area contributed by atoms with E-state index in [1.54, 1.807) is 7.11 Å². The average molecular weight is 231 g/mol. The maximum Gasteiger partial charge on any atom is 0.0595 e. The maximum absolute atomic E-state index is 5.45. The monoisotopic (exact) mass is 230 g/mol. The quantitative estimate of drug-likeness (QED) is 0.784. The molecule has 0 unspecified atom stereocenters. The minimum Gasteiger partial charge on any atom is -0.381 e. The molecule has 1 fully saturated rings. The number of nitrogens with zero attached hydrogens (tertiary/aromatic N) is 1. The summed E-state index contributed by atoms with van der Waals surface area (Å²) in [5, 5.41) is 0. The number of rotatable bonds is 3. The highest BCUT2D eigenvalue weighted by molar-refractivity contribution is 5.85. The van der Waals surface area contributed by atoms with Gasteiger partial charge < -0.3 is 15.4 Å². The Labute approximate surface area is 92.8 Å². The van der Waals surface area contributed by atoms with E-state index in [0.717, 1.165) is 39.0 Å². The van der Waals surface area contributed by atoms with Gasteiger partial charge in [0.15, 0.2) is 0 Å². The minimum absolute atomic E-state index is 0. The normalized spacial score (nSPS) is 18.9. The Balaban J connectivity index is 0. The summed E-state index contributed by atoms with van der Waals surface area (Å²) in [5.74, 6) is 0. The Morgan fingerprint density at radius 3 is 2.23 bits per heavy atom. The molecule has 1 aliphatic rings. The SMILES string of the molecule is COC1CCN(CCN)CC1.Cl.Cl. The lowest BCUT2D eigenvalue weighted by Gasteiger charge is -2.30. The number of methoxy groups -OCH3 is 1. The molecule has 13 heavy (non-hydrogen) atoms. The molecule has 1 saturated heterocycles. The third-order valence-electron chi connectivity index (χ3n) is 2.31. The summed E-state index contributed by atoms with van der Waals surface area (Å²) >= 11 is 0. The van der Waals surface area contributed by atoms with Crippen LogP contribution in [0.1, 0.15) is 12.8 Å². The maximum atomic E-state index is 5.45. The van der Waals surface area contributed by atoms with Crippen molar-refractivity contribution in [1.29, 1.82) is 0 Å². The van der Waals surface area contributed by atoms with Gasteiger partial charge in [-0.3, -0.25) is 0 Å². The standard InChI is InChI=1S/C8H18N2O.2ClH/c1-11-8-2-5-10(6-3-8)7-4-9;;/h8H,2-7,9H2,1H3;2*1H. The van der Waals surface area contributed by atoms with Crippen molar-refractivity contribution in [2.24, 2.45) is 5.73 Å². The fraction of sp³-hybridized carbons (Fsp3) is 1.00. The predicted octanol–water partition coefficient (Wildman–Crippen LogP) is 0.899. The highest BCUT2D eigenvalue weighted by Crippen LogP contribution is 2.11. The molecule has 5 heteroatoms. The van der Waals surface area contributed by atoms with Crippen LogP contribution >= 0.6 is 24.8 Å². The lowest BCUT2D eigenvalue weighted by atomic mass is 10.1. The van der Waals surface area contributed by atoms with Gasteiger partial charge in [0.1, 0.15) is 0 Å². The third kappa shape index (κ3) is 5.70. The van der Waals surface area contributed by atoms with Crippen LogP contribution in [0.25, 0.3) is 0 Å². The Kier molecular flexibility index (Phi) is 11.1. The first-order valence-corrected chi connectivity index (χ1v) is 4.32. The molecule has 82 valence electrons. The highest BCUT2D eigenvalue weighted by Gasteiger charge is 2.17. The molecule has 2 N–H and O–H groups in total. The molecular weight excluding hydrogens is 211 g/mol. The van der Waals surface area contributed by atoms with E-state index in [0.29, 0.717) is 6.10 Å². The molecule has 1 aliphatic heterocycles. The number of piperidine rings is 1. The van der Waals surface area contributed by atoms with Crippen LogP contribution in [0.4, 0.5) is 0 Å². The zero-order chi connectivity index (χ0) is 8.10. The number of halogens is 2. The number of hydrogen-bond donors (Lipinski definition) is 1. The van der Waals surface area contributed by atoms with E-state index in [-0.39, 0.29) is 24.8 Å². The molecule has 0 saturated carbocycles. The van der Waals surface area contributed by atoms with Gasteiger partial charge in [0.05, 0.1) is 6.10 Å². The molecular formula is C8H20Cl2N2O. The lowest BCUT2D eigenvalue weighted by Crippen LogP contribution is -2.39. The van der Waals surface area contributed by atoms with E-state index in [9.17, 15) is 0 Å². The zero-order valence-corrected chi connectivity index (χ0v) is 9.70. The zero-order valence-electron chi connectivity index (χ0n) is 8.07. The molecule has 0 aromatic carbocycles. The van der Waals surface area contributed by atoms with Gasteiger partial charge in [0.25, 0.3) is 0 Å². The van der Waals surface area contributed by atoms with Crippen LogP contribution in [0.15, 0.2) is 0 Å². The van der Waals surface area contributed by atoms with Gasteiger partial charge in [-0.2, -0.15) is 0 Å². The number of hydrogen-bond acceptors (Lipinski definition) is 3. The molecule has 0 aliphatic carbocycles. The Hall–Kier alpha value is 0.460. The molecule has 0 atom stereocenters. The molecule has 0 aromatic rings. The summed E-state index contributed by atoms with van der Waals surface area (Å²) in [5.41, 5.74) is 5.45. The van der Waals surface area contributed by atoms with Crippen LogP contribution < -0.4 is 5.73 Å². The van der Waals surface area contributed by atoms with Crippen molar-refractivity contribution in [3.63, 3.8) is 0 Å². The van der Waals surface area contributed by atoms with E-state index in [1.165, 1.54) is 0 Å². The van der Waals surface area contributed by atoms with E-state index >= 15 is 0 Å². The summed E-state index contributed by atoms with van der Waals surface area (Å²) in [6.45, 7) is 4.11. The van der Waals surface area contributed by atoms with Gasteiger partial charge in [0, 0.05) is 33.3 Å². The largest absolute Gasteiger partial charge is 0.381 e. The molecule has 0 aromatic heterocycles. The first kappa shape index (κ1) is 15.9. The van der Waals surface area contributed by atoms with Crippen molar-refractivity contribution in [2.45, 2.75) is 18.9 Å². The van der Waals surface area contributed by atoms with Crippen LogP contribution in [0, 0.1) is 0 Å². The molecule has 0 spiro atoms. The highest BCUT2D eigenvalue weighted by atomic mass is 35.5. The third-order valence-corrected chi connectivity index (χ3v) is 2.31. The average Bonchev–Trinajstić information content (AvgIpc) is 2.07. The van der Waals surface area contributed by atoms with Gasteiger partial charge in [-0.05, 0) is 12.8 Å². The molecule has 1 heterocycles. The second-order valence-electron chi connectivity index (χ2n) is 3.07. The minimum atomic E-state index is 0. The first-order chi connectivity index (χ1) is 5.36. The van der Waals surface area contributed by atoms with E-state index in [2.05, 4.69) is 4.90 Å². The van der Waals surface area contributed by atoms with Crippen molar-refractivity contribution in [3.05, 3.63) is 0 Å². The number of nitrogens with two attached hydrogens (primary N) is 1. The van der Waals surface area contributed by atoms with Crippen LogP contribution in [0.3, 0.4) is 0 Å². The summed E-state index contributed by atoms with van der Waals surface area (Å²) in [6.07, 6.45) is 2.82. The Morgan fingerprint density at radius 1 is 1.31 bits per heavy atom. The summed E-state index contributed by atoms with van der Waals surface area (Å²) < 4.78 is 5.26. The van der Waals surface area contributed by atoms with E-state index < -0.39 is 0 Å². The summed E-state index contributed by atoms with van der Waals surface area (Å²) in [7, 11) is 1.79. The van der Waals surface area contributed by atoms with Crippen LogP contribution in [0.5, 0.6) is 0 Å². The number of ether oxygens (including phenoxy) is 1. The van der Waals surface area contributed by atoms with Crippen molar-refractivity contribution in [3.8, 4) is 0 Å². The van der Waals surface area contributed by atoms with Gasteiger partial charge >= 0.3 is 0 Å². The van der Waals surface area contributed by atoms with E-state index in [4.69, 9.17) is 10.5 Å². The van der Waals surface area contributed by atoms with Gasteiger partial charge in [0.2, 0.25) is 0 Å². The fourth-order valence-electron chi connectivity index (χ4n) is 1.55. The van der Waals surface area contributed by atoms with Crippen molar-refractivity contribution in [2.75, 3.05) is 33.3 Å². The predicted molar refractivity (Wildman–Crippen MR) is 60.0 cm³/mol.